The molecule has 0 N–H and O–H groups in total. The minimum atomic E-state index is -2.53. The van der Waals surface area contributed by atoms with Gasteiger partial charge in [0.1, 0.15) is 0 Å². The zero-order chi connectivity index (χ0) is 14.4. The first kappa shape index (κ1) is 18.5. The third kappa shape index (κ3) is 6.06. The summed E-state index contributed by atoms with van der Waals surface area (Å²) in [5, 5.41) is 0. The fourth-order valence-corrected chi connectivity index (χ4v) is 12.1. The van der Waals surface area contributed by atoms with Crippen molar-refractivity contribution in [3.8, 4) is 0 Å². The summed E-state index contributed by atoms with van der Waals surface area (Å²) in [7, 11) is 0.312. The van der Waals surface area contributed by atoms with E-state index in [0.717, 1.165) is 12.1 Å². The molecule has 0 heterocycles. The lowest BCUT2D eigenvalue weighted by atomic mass is 10.9. The van der Waals surface area contributed by atoms with E-state index in [-0.39, 0.29) is 0 Å². The van der Waals surface area contributed by atoms with Crippen molar-refractivity contribution >= 4 is 25.7 Å². The molecule has 0 bridgehead atoms. The summed E-state index contributed by atoms with van der Waals surface area (Å²) < 4.78 is 28.1. The van der Waals surface area contributed by atoms with Crippen molar-refractivity contribution in [2.24, 2.45) is 0 Å². The van der Waals surface area contributed by atoms with Gasteiger partial charge in [-0.05, 0) is 32.2 Å². The van der Waals surface area contributed by atoms with E-state index in [9.17, 15) is 0 Å². The van der Waals surface area contributed by atoms with Crippen LogP contribution >= 0.6 is 0 Å². The Bertz CT molecular complexity index is 234. The molecule has 0 aromatic rings. The zero-order valence-corrected chi connectivity index (χ0v) is 16.0. The van der Waals surface area contributed by atoms with Gasteiger partial charge in [0.15, 0.2) is 8.32 Å². The fourth-order valence-electron chi connectivity index (χ4n) is 1.78. The Labute approximate surface area is 114 Å². The predicted molar refractivity (Wildman–Crippen MR) is 79.5 cm³/mol. The largest absolute Gasteiger partial charge is 0.500 e. The van der Waals surface area contributed by atoms with Crippen molar-refractivity contribution in [1.29, 1.82) is 0 Å². The molecule has 1 unspecified atom stereocenters. The van der Waals surface area contributed by atoms with Crippen molar-refractivity contribution in [2.45, 2.75) is 38.3 Å². The highest BCUT2D eigenvalue weighted by Gasteiger charge is 2.44. The van der Waals surface area contributed by atoms with Crippen LogP contribution in [0.2, 0.25) is 38.3 Å². The standard InChI is InChI=1S/C10H28O5Si3/c1-11-17(8,15-16(5,6)7)9-10-18(12-2,13-3)14-4/h9-10H2,1-8H3. The van der Waals surface area contributed by atoms with Crippen LogP contribution in [0.15, 0.2) is 0 Å². The molecule has 5 nitrogen and oxygen atoms in total. The Balaban J connectivity index is 4.63. The van der Waals surface area contributed by atoms with Gasteiger partial charge in [0.2, 0.25) is 0 Å². The van der Waals surface area contributed by atoms with E-state index < -0.39 is 25.7 Å². The van der Waals surface area contributed by atoms with Crippen LogP contribution in [0.5, 0.6) is 0 Å². The molecule has 0 saturated carbocycles. The second-order valence-corrected chi connectivity index (χ2v) is 16.7. The van der Waals surface area contributed by atoms with Gasteiger partial charge in [0.25, 0.3) is 0 Å². The first-order chi connectivity index (χ1) is 8.16. The van der Waals surface area contributed by atoms with Gasteiger partial charge in [0, 0.05) is 34.5 Å². The van der Waals surface area contributed by atoms with Crippen molar-refractivity contribution < 1.29 is 21.8 Å². The SMILES string of the molecule is CO[Si](C)(CC[Si](OC)(OC)OC)O[Si](C)(C)C. The van der Waals surface area contributed by atoms with Gasteiger partial charge in [0.05, 0.1) is 0 Å². The molecule has 18 heavy (non-hydrogen) atoms. The maximum atomic E-state index is 6.21. The average Bonchev–Trinajstić information content (AvgIpc) is 2.29. The van der Waals surface area contributed by atoms with Gasteiger partial charge >= 0.3 is 17.4 Å². The highest BCUT2D eigenvalue weighted by Crippen LogP contribution is 2.25. The lowest BCUT2D eigenvalue weighted by Gasteiger charge is -2.34. The minimum absolute atomic E-state index is 0.720. The molecule has 0 aliphatic carbocycles. The van der Waals surface area contributed by atoms with Crippen LogP contribution in [0, 0.1) is 0 Å². The molecule has 0 fully saturated rings. The second-order valence-electron chi connectivity index (χ2n) is 5.35. The molecule has 0 rings (SSSR count). The van der Waals surface area contributed by atoms with E-state index in [2.05, 4.69) is 26.2 Å². The molecule has 0 spiro atoms. The summed E-state index contributed by atoms with van der Waals surface area (Å²) in [6, 6.07) is 1.53. The van der Waals surface area contributed by atoms with Crippen LogP contribution in [0.25, 0.3) is 0 Å². The van der Waals surface area contributed by atoms with Crippen LogP contribution in [0.1, 0.15) is 0 Å². The van der Waals surface area contributed by atoms with Crippen LogP contribution < -0.4 is 0 Å². The van der Waals surface area contributed by atoms with Crippen molar-refractivity contribution in [3.63, 3.8) is 0 Å². The van der Waals surface area contributed by atoms with E-state index in [1.54, 1.807) is 28.4 Å². The maximum absolute atomic E-state index is 6.21. The molecule has 0 aliphatic rings. The lowest BCUT2D eigenvalue weighted by molar-refractivity contribution is 0.124. The maximum Gasteiger partial charge on any atom is 0.500 e. The number of rotatable bonds is 9. The zero-order valence-electron chi connectivity index (χ0n) is 13.0. The molecule has 8 heteroatoms. The van der Waals surface area contributed by atoms with Crippen molar-refractivity contribution in [1.82, 2.24) is 0 Å². The second kappa shape index (κ2) is 7.29. The monoisotopic (exact) mass is 312 g/mol. The number of hydrogen-bond acceptors (Lipinski definition) is 5. The van der Waals surface area contributed by atoms with E-state index in [4.69, 9.17) is 21.8 Å². The molecule has 0 saturated heterocycles. The van der Waals surface area contributed by atoms with Crippen LogP contribution in [0.4, 0.5) is 0 Å². The van der Waals surface area contributed by atoms with Gasteiger partial charge in [-0.3, -0.25) is 0 Å². The highest BCUT2D eigenvalue weighted by molar-refractivity contribution is 6.82. The summed E-state index contributed by atoms with van der Waals surface area (Å²) in [6.07, 6.45) is 0. The Morgan fingerprint density at radius 3 is 1.39 bits per heavy atom. The first-order valence-corrected chi connectivity index (χ1v) is 13.9. The molecule has 0 aromatic heterocycles. The molecular formula is C10H28O5Si3. The van der Waals surface area contributed by atoms with Gasteiger partial charge in [-0.2, -0.15) is 0 Å². The summed E-state index contributed by atoms with van der Waals surface area (Å²) in [6.45, 7) is 8.60. The fraction of sp³-hybridized carbons (Fsp3) is 1.00. The molecular weight excluding hydrogens is 284 g/mol. The molecule has 110 valence electrons. The van der Waals surface area contributed by atoms with Crippen LogP contribution in [0.3, 0.4) is 0 Å². The third-order valence-corrected chi connectivity index (χ3v) is 12.2. The lowest BCUT2D eigenvalue weighted by Crippen LogP contribution is -2.50. The molecule has 0 amide bonds. The minimum Gasteiger partial charge on any atom is -0.436 e. The van der Waals surface area contributed by atoms with Gasteiger partial charge in [-0.25, -0.2) is 0 Å². The summed E-state index contributed by atoms with van der Waals surface area (Å²) in [5.41, 5.74) is 0. The summed E-state index contributed by atoms with van der Waals surface area (Å²) in [5.74, 6) is 0. The van der Waals surface area contributed by atoms with Crippen LogP contribution in [-0.4, -0.2) is 54.1 Å². The Kier molecular flexibility index (Phi) is 7.47. The Morgan fingerprint density at radius 2 is 1.11 bits per heavy atom. The van der Waals surface area contributed by atoms with Crippen molar-refractivity contribution in [3.05, 3.63) is 0 Å². The highest BCUT2D eigenvalue weighted by atomic mass is 28.4. The van der Waals surface area contributed by atoms with E-state index >= 15 is 0 Å². The average molecular weight is 313 g/mol. The quantitative estimate of drug-likeness (QED) is 0.612. The Hall–Kier alpha value is 0.451. The van der Waals surface area contributed by atoms with E-state index in [0.29, 0.717) is 0 Å². The van der Waals surface area contributed by atoms with Gasteiger partial charge < -0.3 is 21.8 Å². The number of hydrogen-bond donors (Lipinski definition) is 0. The summed E-state index contributed by atoms with van der Waals surface area (Å²) >= 11 is 0. The van der Waals surface area contributed by atoms with Crippen LogP contribution in [-0.2, 0) is 21.8 Å². The molecule has 0 aromatic carbocycles. The topological polar surface area (TPSA) is 46.2 Å². The normalized spacial score (nSPS) is 16.7. The van der Waals surface area contributed by atoms with Crippen molar-refractivity contribution in [2.75, 3.05) is 28.4 Å². The van der Waals surface area contributed by atoms with Gasteiger partial charge in [-0.1, -0.05) is 0 Å². The third-order valence-electron chi connectivity index (χ3n) is 2.77. The van der Waals surface area contributed by atoms with E-state index in [1.165, 1.54) is 0 Å². The molecule has 0 radical (unpaired) electrons. The molecule has 1 atom stereocenters. The molecule has 0 aliphatic heterocycles. The Morgan fingerprint density at radius 1 is 0.667 bits per heavy atom. The first-order valence-electron chi connectivity index (χ1n) is 6.06. The smallest absolute Gasteiger partial charge is 0.436 e. The van der Waals surface area contributed by atoms with Gasteiger partial charge in [-0.15, -0.1) is 0 Å². The predicted octanol–water partition coefficient (Wildman–Crippen LogP) is 2.43. The summed E-state index contributed by atoms with van der Waals surface area (Å²) in [4.78, 5) is 0. The van der Waals surface area contributed by atoms with E-state index in [1.807, 2.05) is 0 Å².